The van der Waals surface area contributed by atoms with Gasteiger partial charge in [-0.15, -0.1) is 0 Å². The third-order valence-corrected chi connectivity index (χ3v) is 8.27. The monoisotopic (exact) mass is 579 g/mol. The van der Waals surface area contributed by atoms with Crippen LogP contribution in [-0.2, 0) is 9.59 Å². The first kappa shape index (κ1) is 28.5. The lowest BCUT2D eigenvalue weighted by Crippen LogP contribution is -2.43. The fourth-order valence-corrected chi connectivity index (χ4v) is 6.46. The molecule has 214 valence electrons. The molecule has 0 amide bonds. The first-order chi connectivity index (χ1) is 19.1. The van der Waals surface area contributed by atoms with Gasteiger partial charge < -0.3 is 9.64 Å². The molecule has 1 heterocycles. The maximum atomic E-state index is 13.8. The number of nitro groups is 2. The van der Waals surface area contributed by atoms with Crippen molar-refractivity contribution in [3.8, 4) is 11.5 Å². The Balaban J connectivity index is 1.74. The molecule has 0 unspecified atom stereocenters. The van der Waals surface area contributed by atoms with Gasteiger partial charge in [-0.25, -0.2) is 0 Å². The number of ether oxygens (including phenoxy) is 1. The lowest BCUT2D eigenvalue weighted by atomic mass is 9.63. The van der Waals surface area contributed by atoms with Gasteiger partial charge in [0.1, 0.15) is 5.75 Å². The fraction of sp³-hybridized carbons (Fsp3) is 0.400. The summed E-state index contributed by atoms with van der Waals surface area (Å²) in [6.45, 7) is 8.16. The number of hydrogen-bond donors (Lipinski definition) is 0. The van der Waals surface area contributed by atoms with Gasteiger partial charge in [-0.05, 0) is 47.9 Å². The van der Waals surface area contributed by atoms with Gasteiger partial charge in [0.25, 0.3) is 5.69 Å². The van der Waals surface area contributed by atoms with Crippen LogP contribution in [0.1, 0.15) is 64.9 Å². The van der Waals surface area contributed by atoms with Gasteiger partial charge in [-0.2, -0.15) is 0 Å². The van der Waals surface area contributed by atoms with Crippen LogP contribution in [-0.4, -0.2) is 33.4 Å². The molecule has 0 saturated heterocycles. The molecule has 0 aromatic heterocycles. The number of non-ortho nitro benzene ring substituents is 1. The molecular weight excluding hydrogens is 550 g/mol. The predicted molar refractivity (Wildman–Crippen MR) is 152 cm³/mol. The molecule has 5 rings (SSSR count). The second-order valence-electron chi connectivity index (χ2n) is 12.5. The van der Waals surface area contributed by atoms with E-state index in [0.29, 0.717) is 47.4 Å². The molecule has 2 aromatic carbocycles. The summed E-state index contributed by atoms with van der Waals surface area (Å²) < 4.78 is 6.08. The van der Waals surface area contributed by atoms with Crippen LogP contribution in [0.3, 0.4) is 0 Å². The lowest BCUT2D eigenvalue weighted by molar-refractivity contribution is -0.394. The molecule has 3 aliphatic rings. The maximum Gasteiger partial charge on any atom is 0.318 e. The normalized spacial score (nSPS) is 20.1. The highest BCUT2D eigenvalue weighted by atomic mass is 35.5. The van der Waals surface area contributed by atoms with Crippen molar-refractivity contribution in [1.82, 2.24) is 4.90 Å². The fourth-order valence-electron chi connectivity index (χ4n) is 6.28. The highest BCUT2D eigenvalue weighted by molar-refractivity contribution is 6.30. The molecule has 0 atom stereocenters. The molecule has 0 spiro atoms. The van der Waals surface area contributed by atoms with Gasteiger partial charge in [0, 0.05) is 65.0 Å². The molecule has 0 fully saturated rings. The van der Waals surface area contributed by atoms with E-state index in [2.05, 4.69) is 0 Å². The van der Waals surface area contributed by atoms with E-state index >= 15 is 0 Å². The minimum Gasteiger partial charge on any atom is -0.450 e. The van der Waals surface area contributed by atoms with Gasteiger partial charge in [-0.1, -0.05) is 39.3 Å². The Labute approximate surface area is 241 Å². The van der Waals surface area contributed by atoms with Crippen molar-refractivity contribution in [3.05, 3.63) is 89.8 Å². The van der Waals surface area contributed by atoms with E-state index in [-0.39, 0.29) is 33.9 Å². The average Bonchev–Trinajstić information content (AvgIpc) is 2.85. The van der Waals surface area contributed by atoms with Gasteiger partial charge in [-0.3, -0.25) is 29.8 Å². The van der Waals surface area contributed by atoms with Gasteiger partial charge in [0.15, 0.2) is 11.6 Å². The Morgan fingerprint density at radius 1 is 0.829 bits per heavy atom. The minimum atomic E-state index is -0.783. The van der Waals surface area contributed by atoms with E-state index in [1.807, 2.05) is 39.6 Å². The number of nitro benzene ring substituents is 2. The summed E-state index contributed by atoms with van der Waals surface area (Å²) in [6.07, 6.45) is 1.83. The van der Waals surface area contributed by atoms with Gasteiger partial charge >= 0.3 is 5.69 Å². The lowest BCUT2D eigenvalue weighted by Gasteiger charge is -2.48. The summed E-state index contributed by atoms with van der Waals surface area (Å²) in [5, 5.41) is 23.4. The number of hydrogen-bond acceptors (Lipinski definition) is 8. The number of benzene rings is 2. The number of ketones is 2. The SMILES string of the molecule is CN1C2=C(C(=O)CC(C)(C)C2)C(c2cc(Cl)ccc2Oc2ccc([N+](=O)[O-])cc2[N+](=O)[O-])C2=C1CC(C)(C)CC2=O. The van der Waals surface area contributed by atoms with Crippen molar-refractivity contribution in [2.24, 2.45) is 10.8 Å². The number of halogens is 1. The third kappa shape index (κ3) is 5.12. The van der Waals surface area contributed by atoms with Crippen molar-refractivity contribution in [2.75, 3.05) is 7.05 Å². The third-order valence-electron chi connectivity index (χ3n) is 8.03. The molecule has 0 N–H and O–H groups in total. The number of rotatable bonds is 5. The van der Waals surface area contributed by atoms with Crippen LogP contribution in [0.25, 0.3) is 0 Å². The zero-order chi connectivity index (χ0) is 30.0. The number of allylic oxidation sites excluding steroid dienone is 4. The Morgan fingerprint density at radius 3 is 1.88 bits per heavy atom. The second-order valence-corrected chi connectivity index (χ2v) is 13.0. The highest BCUT2D eigenvalue weighted by Gasteiger charge is 2.49. The molecule has 2 aromatic rings. The summed E-state index contributed by atoms with van der Waals surface area (Å²) in [5.74, 6) is -0.995. The minimum absolute atomic E-state index is 0.0791. The van der Waals surface area contributed by atoms with Crippen molar-refractivity contribution >= 4 is 34.5 Å². The van der Waals surface area contributed by atoms with Crippen molar-refractivity contribution in [1.29, 1.82) is 0 Å². The quantitative estimate of drug-likeness (QED) is 0.267. The van der Waals surface area contributed by atoms with Crippen LogP contribution in [0, 0.1) is 31.1 Å². The van der Waals surface area contributed by atoms with E-state index in [1.54, 1.807) is 12.1 Å². The Morgan fingerprint density at radius 2 is 1.37 bits per heavy atom. The van der Waals surface area contributed by atoms with Gasteiger partial charge in [0.2, 0.25) is 5.75 Å². The maximum absolute atomic E-state index is 13.8. The van der Waals surface area contributed by atoms with Crippen molar-refractivity contribution < 1.29 is 24.2 Å². The molecule has 1 aliphatic heterocycles. The van der Waals surface area contributed by atoms with Crippen LogP contribution >= 0.6 is 11.6 Å². The van der Waals surface area contributed by atoms with Crippen molar-refractivity contribution in [2.45, 2.75) is 59.3 Å². The van der Waals surface area contributed by atoms with Crippen LogP contribution in [0.15, 0.2) is 58.9 Å². The molecule has 11 heteroatoms. The number of nitrogens with zero attached hydrogens (tertiary/aromatic N) is 3. The molecule has 41 heavy (non-hydrogen) atoms. The average molecular weight is 580 g/mol. The molecule has 2 aliphatic carbocycles. The highest BCUT2D eigenvalue weighted by Crippen LogP contribution is 2.55. The first-order valence-corrected chi connectivity index (χ1v) is 13.6. The zero-order valence-electron chi connectivity index (χ0n) is 23.4. The van der Waals surface area contributed by atoms with Gasteiger partial charge in [0.05, 0.1) is 15.9 Å². The summed E-state index contributed by atoms with van der Waals surface area (Å²) in [4.78, 5) is 51.3. The summed E-state index contributed by atoms with van der Waals surface area (Å²) in [6, 6.07) is 7.83. The Kier molecular flexibility index (Phi) is 6.80. The number of Topliss-reactive ketones (excluding diaryl/α,β-unsaturated/α-hetero) is 2. The summed E-state index contributed by atoms with van der Waals surface area (Å²) in [7, 11) is 1.90. The molecular formula is C30H30ClN3O7. The number of carbonyl (C=O) groups is 2. The molecule has 10 nitrogen and oxygen atoms in total. The summed E-state index contributed by atoms with van der Waals surface area (Å²) >= 11 is 6.47. The molecule has 0 saturated carbocycles. The van der Waals surface area contributed by atoms with E-state index in [1.165, 1.54) is 12.1 Å². The van der Waals surface area contributed by atoms with Crippen LogP contribution in [0.2, 0.25) is 5.02 Å². The van der Waals surface area contributed by atoms with Crippen molar-refractivity contribution in [3.63, 3.8) is 0 Å². The van der Waals surface area contributed by atoms with Crippen LogP contribution in [0.4, 0.5) is 11.4 Å². The standard InChI is InChI=1S/C30H30ClN3O7/c1-29(2)12-20-27(22(35)14-29)26(28-21(32(20)5)13-30(3,4)15-23(28)36)18-10-16(31)6-8-24(18)41-25-9-7-17(33(37)38)11-19(25)34(39)40/h6-11,26H,12-15H2,1-5H3. The first-order valence-electron chi connectivity index (χ1n) is 13.2. The second kappa shape index (κ2) is 9.80. The largest absolute Gasteiger partial charge is 0.450 e. The predicted octanol–water partition coefficient (Wildman–Crippen LogP) is 7.26. The Hall–Kier alpha value is -4.05. The molecule has 0 bridgehead atoms. The molecule has 0 radical (unpaired) electrons. The Bertz CT molecular complexity index is 1550. The topological polar surface area (TPSA) is 133 Å². The summed E-state index contributed by atoms with van der Waals surface area (Å²) in [5.41, 5.74) is 1.51. The van der Waals surface area contributed by atoms with E-state index < -0.39 is 27.1 Å². The smallest absolute Gasteiger partial charge is 0.318 e. The van der Waals surface area contributed by atoms with Crippen LogP contribution < -0.4 is 4.74 Å². The van der Waals surface area contributed by atoms with E-state index in [0.717, 1.165) is 23.5 Å². The zero-order valence-corrected chi connectivity index (χ0v) is 24.2. The van der Waals surface area contributed by atoms with Crippen LogP contribution in [0.5, 0.6) is 11.5 Å². The van der Waals surface area contributed by atoms with E-state index in [9.17, 15) is 29.8 Å². The van der Waals surface area contributed by atoms with E-state index in [4.69, 9.17) is 16.3 Å². The number of carbonyl (C=O) groups excluding carboxylic acids is 2.